The second-order valence-corrected chi connectivity index (χ2v) is 6.94. The Labute approximate surface area is 133 Å². The normalized spacial score (nSPS) is 21.6. The van der Waals surface area contributed by atoms with E-state index in [2.05, 4.69) is 35.7 Å². The van der Waals surface area contributed by atoms with E-state index in [1.165, 1.54) is 45.3 Å². The Balaban J connectivity index is 1.56. The highest BCUT2D eigenvalue weighted by atomic mass is 79.9. The number of hydrogen-bond donors (Lipinski definition) is 0. The second-order valence-electron chi connectivity index (χ2n) is 5.75. The molecule has 0 saturated carbocycles. The molecule has 0 aliphatic carbocycles. The summed E-state index contributed by atoms with van der Waals surface area (Å²) in [6, 6.07) is 0. The van der Waals surface area contributed by atoms with Crippen LogP contribution in [0.3, 0.4) is 0 Å². The van der Waals surface area contributed by atoms with Gasteiger partial charge in [-0.25, -0.2) is 4.98 Å². The second kappa shape index (κ2) is 6.58. The maximum absolute atomic E-state index is 5.90. The van der Waals surface area contributed by atoms with Gasteiger partial charge < -0.3 is 9.80 Å². The summed E-state index contributed by atoms with van der Waals surface area (Å²) in [4.78, 5) is 13.3. The smallest absolute Gasteiger partial charge is 0.224 e. The zero-order chi connectivity index (χ0) is 13.9. The molecule has 1 aromatic rings. The molecule has 2 fully saturated rings. The first-order valence-corrected chi connectivity index (χ1v) is 8.55. The highest BCUT2D eigenvalue weighted by Gasteiger charge is 2.24. The highest BCUT2D eigenvalue weighted by molar-refractivity contribution is 9.10. The van der Waals surface area contributed by atoms with E-state index >= 15 is 0 Å². The molecule has 3 rings (SSSR count). The summed E-state index contributed by atoms with van der Waals surface area (Å²) >= 11 is 9.42. The summed E-state index contributed by atoms with van der Waals surface area (Å²) in [5.41, 5.74) is 0. The first kappa shape index (κ1) is 14.5. The average Bonchev–Trinajstić information content (AvgIpc) is 2.95. The molecular weight excluding hydrogens is 340 g/mol. The lowest BCUT2D eigenvalue weighted by Gasteiger charge is -2.34. The molecular formula is C14H20BrClN4. The van der Waals surface area contributed by atoms with Crippen LogP contribution < -0.4 is 4.90 Å². The summed E-state index contributed by atoms with van der Waals surface area (Å²) < 4.78 is 0.930. The van der Waals surface area contributed by atoms with Crippen LogP contribution in [0.15, 0.2) is 10.7 Å². The van der Waals surface area contributed by atoms with E-state index in [4.69, 9.17) is 11.6 Å². The summed E-state index contributed by atoms with van der Waals surface area (Å²) in [6.07, 6.45) is 6.98. The van der Waals surface area contributed by atoms with Gasteiger partial charge in [-0.05, 0) is 72.2 Å². The topological polar surface area (TPSA) is 32.3 Å². The Morgan fingerprint density at radius 1 is 1.20 bits per heavy atom. The minimum absolute atomic E-state index is 0.322. The van der Waals surface area contributed by atoms with Gasteiger partial charge in [0.1, 0.15) is 5.82 Å². The molecule has 0 radical (unpaired) electrons. The van der Waals surface area contributed by atoms with Crippen LogP contribution in [0.4, 0.5) is 5.82 Å². The Hall–Kier alpha value is -0.390. The summed E-state index contributed by atoms with van der Waals surface area (Å²) in [6.45, 7) is 6.00. The third-order valence-corrected chi connectivity index (χ3v) is 5.07. The van der Waals surface area contributed by atoms with E-state index in [0.717, 1.165) is 29.3 Å². The molecule has 0 aromatic carbocycles. The van der Waals surface area contributed by atoms with Gasteiger partial charge in [-0.3, -0.25) is 0 Å². The molecule has 20 heavy (non-hydrogen) atoms. The number of hydrogen-bond acceptors (Lipinski definition) is 4. The van der Waals surface area contributed by atoms with Crippen molar-refractivity contribution < 1.29 is 0 Å². The van der Waals surface area contributed by atoms with Gasteiger partial charge in [-0.2, -0.15) is 4.98 Å². The predicted octanol–water partition coefficient (Wildman–Crippen LogP) is 3.20. The lowest BCUT2D eigenvalue weighted by Crippen LogP contribution is -2.38. The van der Waals surface area contributed by atoms with E-state index in [1.807, 2.05) is 0 Å². The number of anilines is 1. The van der Waals surface area contributed by atoms with Gasteiger partial charge in [0.15, 0.2) is 0 Å². The van der Waals surface area contributed by atoms with E-state index in [-0.39, 0.29) is 0 Å². The molecule has 110 valence electrons. The van der Waals surface area contributed by atoms with Crippen LogP contribution in [0.1, 0.15) is 25.7 Å². The van der Waals surface area contributed by atoms with Crippen molar-refractivity contribution in [2.75, 3.05) is 37.6 Å². The van der Waals surface area contributed by atoms with E-state index < -0.39 is 0 Å². The Morgan fingerprint density at radius 3 is 2.60 bits per heavy atom. The third kappa shape index (κ3) is 3.43. The van der Waals surface area contributed by atoms with Gasteiger partial charge in [-0.15, -0.1) is 0 Å². The van der Waals surface area contributed by atoms with Gasteiger partial charge in [0.2, 0.25) is 5.28 Å². The Morgan fingerprint density at radius 2 is 1.90 bits per heavy atom. The molecule has 0 unspecified atom stereocenters. The molecule has 0 amide bonds. The lowest BCUT2D eigenvalue weighted by molar-refractivity contribution is 0.249. The minimum atomic E-state index is 0.322. The van der Waals surface area contributed by atoms with Crippen molar-refractivity contribution in [1.82, 2.24) is 14.9 Å². The number of piperidine rings is 1. The maximum atomic E-state index is 5.90. The van der Waals surface area contributed by atoms with Crippen LogP contribution in [-0.2, 0) is 0 Å². The van der Waals surface area contributed by atoms with E-state index in [9.17, 15) is 0 Å². The number of likely N-dealkylation sites (tertiary alicyclic amines) is 1. The van der Waals surface area contributed by atoms with Crippen LogP contribution in [0, 0.1) is 5.92 Å². The monoisotopic (exact) mass is 358 g/mol. The number of nitrogens with zero attached hydrogens (tertiary/aromatic N) is 4. The fourth-order valence-corrected chi connectivity index (χ4v) is 3.79. The quantitative estimate of drug-likeness (QED) is 0.776. The summed E-state index contributed by atoms with van der Waals surface area (Å²) in [5.74, 6) is 1.77. The van der Waals surface area contributed by atoms with E-state index in [0.29, 0.717) is 5.28 Å². The molecule has 0 atom stereocenters. The molecule has 0 spiro atoms. The van der Waals surface area contributed by atoms with Gasteiger partial charge in [0, 0.05) is 25.8 Å². The third-order valence-electron chi connectivity index (χ3n) is 4.33. The largest absolute Gasteiger partial charge is 0.356 e. The first-order chi connectivity index (χ1) is 9.72. The van der Waals surface area contributed by atoms with Crippen LogP contribution in [0.2, 0.25) is 5.28 Å². The number of aromatic nitrogens is 2. The average molecular weight is 360 g/mol. The van der Waals surface area contributed by atoms with Crippen molar-refractivity contribution in [3.63, 3.8) is 0 Å². The van der Waals surface area contributed by atoms with Crippen LogP contribution in [0.5, 0.6) is 0 Å². The predicted molar refractivity (Wildman–Crippen MR) is 85.4 cm³/mol. The van der Waals surface area contributed by atoms with Gasteiger partial charge in [-0.1, -0.05) is 0 Å². The fraction of sp³-hybridized carbons (Fsp3) is 0.714. The number of halogens is 2. The molecule has 3 heterocycles. The molecule has 4 nitrogen and oxygen atoms in total. The highest BCUT2D eigenvalue weighted by Crippen LogP contribution is 2.29. The van der Waals surface area contributed by atoms with Crippen LogP contribution in [-0.4, -0.2) is 47.6 Å². The zero-order valence-electron chi connectivity index (χ0n) is 11.6. The van der Waals surface area contributed by atoms with E-state index in [1.54, 1.807) is 6.20 Å². The van der Waals surface area contributed by atoms with Gasteiger partial charge >= 0.3 is 0 Å². The van der Waals surface area contributed by atoms with Crippen molar-refractivity contribution >= 4 is 33.3 Å². The minimum Gasteiger partial charge on any atom is -0.356 e. The van der Waals surface area contributed by atoms with Crippen molar-refractivity contribution in [1.29, 1.82) is 0 Å². The van der Waals surface area contributed by atoms with Gasteiger partial charge in [0.25, 0.3) is 0 Å². The summed E-state index contributed by atoms with van der Waals surface area (Å²) in [5, 5.41) is 0.322. The first-order valence-electron chi connectivity index (χ1n) is 7.38. The summed E-state index contributed by atoms with van der Waals surface area (Å²) in [7, 11) is 0. The Kier molecular flexibility index (Phi) is 4.79. The maximum Gasteiger partial charge on any atom is 0.224 e. The number of rotatable bonds is 3. The molecule has 0 bridgehead atoms. The SMILES string of the molecule is Clc1ncc(Br)c(N2CCC(CN3CCCC3)CC2)n1. The fourth-order valence-electron chi connectivity index (χ4n) is 3.22. The molecule has 0 N–H and O–H groups in total. The van der Waals surface area contributed by atoms with Gasteiger partial charge in [0.05, 0.1) is 4.47 Å². The molecule has 2 saturated heterocycles. The van der Waals surface area contributed by atoms with Crippen molar-refractivity contribution in [3.05, 3.63) is 16.0 Å². The standard InChI is InChI=1S/C14H20BrClN4/c15-12-9-17-14(16)18-13(12)20-7-3-11(4-8-20)10-19-5-1-2-6-19/h9,11H,1-8,10H2. The molecule has 2 aliphatic heterocycles. The zero-order valence-corrected chi connectivity index (χ0v) is 13.9. The Bertz CT molecular complexity index is 456. The van der Waals surface area contributed by atoms with Crippen LogP contribution >= 0.6 is 27.5 Å². The molecule has 6 heteroatoms. The molecule has 2 aliphatic rings. The van der Waals surface area contributed by atoms with Crippen molar-refractivity contribution in [2.45, 2.75) is 25.7 Å². The van der Waals surface area contributed by atoms with Crippen molar-refractivity contribution in [2.24, 2.45) is 5.92 Å². The lowest BCUT2D eigenvalue weighted by atomic mass is 9.96. The molecule has 1 aromatic heterocycles. The van der Waals surface area contributed by atoms with Crippen molar-refractivity contribution in [3.8, 4) is 0 Å². The van der Waals surface area contributed by atoms with Crippen LogP contribution in [0.25, 0.3) is 0 Å².